The number of aromatic nitrogens is 3. The Labute approximate surface area is 83.1 Å². The van der Waals surface area contributed by atoms with Crippen molar-refractivity contribution in [2.45, 2.75) is 0 Å². The Morgan fingerprint density at radius 1 is 1.38 bits per heavy atom. The Morgan fingerprint density at radius 3 is 3.00 bits per heavy atom. The van der Waals surface area contributed by atoms with Crippen LogP contribution in [0.15, 0.2) is 35.3 Å². The molecule has 0 saturated carbocycles. The number of pyridine rings is 1. The molecule has 0 atom stereocenters. The fraction of sp³-hybridized carbons (Fsp3) is 0. The second kappa shape index (κ2) is 3.57. The smallest absolute Gasteiger partial charge is 0.165 e. The van der Waals surface area contributed by atoms with Gasteiger partial charge in [0, 0.05) is 18.5 Å². The normalized spacial score (nSPS) is 9.92. The highest BCUT2D eigenvalue weighted by Gasteiger charge is 2.01. The van der Waals surface area contributed by atoms with Gasteiger partial charge < -0.3 is 4.74 Å². The first-order chi connectivity index (χ1) is 6.36. The molecule has 0 unspecified atom stereocenters. The summed E-state index contributed by atoms with van der Waals surface area (Å²) in [5.41, 5.74) is 0. The fourth-order valence-corrected chi connectivity index (χ4v) is 1.20. The van der Waals surface area contributed by atoms with Crippen LogP contribution in [0.5, 0.6) is 11.5 Å². The number of nitrogens with zero attached hydrogens (tertiary/aromatic N) is 2. The molecule has 2 heterocycles. The lowest BCUT2D eigenvalue weighted by molar-refractivity contribution is 0.479. The van der Waals surface area contributed by atoms with E-state index in [0.29, 0.717) is 5.75 Å². The number of halogens is 1. The van der Waals surface area contributed by atoms with Gasteiger partial charge in [-0.15, -0.1) is 0 Å². The molecule has 0 aliphatic heterocycles. The molecule has 0 saturated heterocycles. The van der Waals surface area contributed by atoms with E-state index in [1.54, 1.807) is 30.9 Å². The van der Waals surface area contributed by atoms with E-state index < -0.39 is 0 Å². The van der Waals surface area contributed by atoms with Crippen molar-refractivity contribution in [2.75, 3.05) is 0 Å². The molecule has 0 spiro atoms. The molecule has 2 rings (SSSR count). The summed E-state index contributed by atoms with van der Waals surface area (Å²) in [6.45, 7) is 0. The van der Waals surface area contributed by atoms with Crippen LogP contribution in [-0.4, -0.2) is 15.2 Å². The van der Waals surface area contributed by atoms with Gasteiger partial charge >= 0.3 is 0 Å². The van der Waals surface area contributed by atoms with E-state index in [1.165, 1.54) is 0 Å². The summed E-state index contributed by atoms with van der Waals surface area (Å²) in [7, 11) is 0. The lowest BCUT2D eigenvalue weighted by atomic mass is 10.4. The van der Waals surface area contributed by atoms with Crippen molar-refractivity contribution < 1.29 is 4.74 Å². The third kappa shape index (κ3) is 1.86. The molecule has 0 radical (unpaired) electrons. The molecule has 13 heavy (non-hydrogen) atoms. The minimum absolute atomic E-state index is 0.673. The van der Waals surface area contributed by atoms with Gasteiger partial charge in [-0.25, -0.2) is 0 Å². The molecule has 2 aromatic heterocycles. The maximum Gasteiger partial charge on any atom is 0.165 e. The second-order valence-electron chi connectivity index (χ2n) is 2.34. The van der Waals surface area contributed by atoms with Crippen LogP contribution in [0, 0.1) is 0 Å². The molecule has 0 fully saturated rings. The maximum absolute atomic E-state index is 5.47. The van der Waals surface area contributed by atoms with Crippen molar-refractivity contribution in [1.82, 2.24) is 15.2 Å². The zero-order chi connectivity index (χ0) is 9.10. The predicted molar refractivity (Wildman–Crippen MR) is 50.6 cm³/mol. The van der Waals surface area contributed by atoms with Crippen LogP contribution in [0.2, 0.25) is 0 Å². The molecular weight excluding hydrogens is 234 g/mol. The molecule has 66 valence electrons. The van der Waals surface area contributed by atoms with E-state index in [4.69, 9.17) is 4.74 Å². The molecule has 0 amide bonds. The average molecular weight is 240 g/mol. The van der Waals surface area contributed by atoms with E-state index in [9.17, 15) is 0 Å². The summed E-state index contributed by atoms with van der Waals surface area (Å²) in [5, 5.41) is 6.43. The van der Waals surface area contributed by atoms with Crippen LogP contribution < -0.4 is 4.74 Å². The third-order valence-electron chi connectivity index (χ3n) is 1.44. The molecule has 0 aliphatic rings. The second-order valence-corrected chi connectivity index (χ2v) is 3.20. The minimum Gasteiger partial charge on any atom is -0.453 e. The quantitative estimate of drug-likeness (QED) is 0.876. The van der Waals surface area contributed by atoms with Crippen molar-refractivity contribution in [3.8, 4) is 11.5 Å². The van der Waals surface area contributed by atoms with Crippen LogP contribution in [0.4, 0.5) is 0 Å². The standard InChI is InChI=1S/C8H6BrN3O/c9-7-5-10-2-1-8(7)13-6-3-11-12-4-6/h1-5H,(H,11,12). The van der Waals surface area contributed by atoms with Gasteiger partial charge in [0.05, 0.1) is 16.9 Å². The van der Waals surface area contributed by atoms with E-state index in [1.807, 2.05) is 0 Å². The number of ether oxygens (including phenoxy) is 1. The van der Waals surface area contributed by atoms with E-state index in [0.717, 1.165) is 10.2 Å². The monoisotopic (exact) mass is 239 g/mol. The Kier molecular flexibility index (Phi) is 2.27. The van der Waals surface area contributed by atoms with Crippen LogP contribution in [0.1, 0.15) is 0 Å². The first-order valence-electron chi connectivity index (χ1n) is 3.62. The number of H-pyrrole nitrogens is 1. The van der Waals surface area contributed by atoms with E-state index in [-0.39, 0.29) is 0 Å². The van der Waals surface area contributed by atoms with Gasteiger partial charge in [-0.3, -0.25) is 10.1 Å². The highest BCUT2D eigenvalue weighted by atomic mass is 79.9. The van der Waals surface area contributed by atoms with Crippen molar-refractivity contribution in [3.05, 3.63) is 35.3 Å². The van der Waals surface area contributed by atoms with Gasteiger partial charge in [0.2, 0.25) is 0 Å². The highest BCUT2D eigenvalue weighted by Crippen LogP contribution is 2.27. The van der Waals surface area contributed by atoms with Gasteiger partial charge in [-0.1, -0.05) is 0 Å². The summed E-state index contributed by atoms with van der Waals surface area (Å²) >= 11 is 3.32. The number of rotatable bonds is 2. The van der Waals surface area contributed by atoms with Crippen molar-refractivity contribution in [2.24, 2.45) is 0 Å². The Hall–Kier alpha value is -1.36. The summed E-state index contributed by atoms with van der Waals surface area (Å²) in [6, 6.07) is 1.77. The van der Waals surface area contributed by atoms with Crippen LogP contribution >= 0.6 is 15.9 Å². The summed E-state index contributed by atoms with van der Waals surface area (Å²) in [5.74, 6) is 1.39. The lowest BCUT2D eigenvalue weighted by Crippen LogP contribution is -1.83. The number of hydrogen-bond acceptors (Lipinski definition) is 3. The molecule has 1 N–H and O–H groups in total. The molecule has 0 aliphatic carbocycles. The lowest BCUT2D eigenvalue weighted by Gasteiger charge is -2.02. The Balaban J connectivity index is 2.24. The predicted octanol–water partition coefficient (Wildman–Crippen LogP) is 2.36. The number of aromatic amines is 1. The van der Waals surface area contributed by atoms with E-state index >= 15 is 0 Å². The molecule has 4 nitrogen and oxygen atoms in total. The van der Waals surface area contributed by atoms with Crippen molar-refractivity contribution in [3.63, 3.8) is 0 Å². The third-order valence-corrected chi connectivity index (χ3v) is 2.03. The summed E-state index contributed by atoms with van der Waals surface area (Å²) < 4.78 is 6.28. The average Bonchev–Trinajstić information content (AvgIpc) is 2.61. The zero-order valence-electron chi connectivity index (χ0n) is 6.57. The first kappa shape index (κ1) is 8.25. The zero-order valence-corrected chi connectivity index (χ0v) is 8.15. The van der Waals surface area contributed by atoms with E-state index in [2.05, 4.69) is 31.1 Å². The summed E-state index contributed by atoms with van der Waals surface area (Å²) in [6.07, 6.45) is 6.62. The molecule has 5 heteroatoms. The van der Waals surface area contributed by atoms with Crippen LogP contribution in [-0.2, 0) is 0 Å². The fourth-order valence-electron chi connectivity index (χ4n) is 0.867. The SMILES string of the molecule is Brc1cnccc1Oc1cn[nH]c1. The van der Waals surface area contributed by atoms with Crippen molar-refractivity contribution in [1.29, 1.82) is 0 Å². The largest absolute Gasteiger partial charge is 0.453 e. The van der Waals surface area contributed by atoms with Gasteiger partial charge in [0.25, 0.3) is 0 Å². The van der Waals surface area contributed by atoms with Crippen LogP contribution in [0.25, 0.3) is 0 Å². The van der Waals surface area contributed by atoms with Gasteiger partial charge in [0.1, 0.15) is 5.75 Å². The highest BCUT2D eigenvalue weighted by molar-refractivity contribution is 9.10. The Morgan fingerprint density at radius 2 is 2.31 bits per heavy atom. The number of nitrogens with one attached hydrogen (secondary N) is 1. The minimum atomic E-state index is 0.673. The topological polar surface area (TPSA) is 50.8 Å². The number of hydrogen-bond donors (Lipinski definition) is 1. The van der Waals surface area contributed by atoms with Crippen LogP contribution in [0.3, 0.4) is 0 Å². The summed E-state index contributed by atoms with van der Waals surface area (Å²) in [4.78, 5) is 3.92. The van der Waals surface area contributed by atoms with Gasteiger partial charge in [0.15, 0.2) is 5.75 Å². The first-order valence-corrected chi connectivity index (χ1v) is 4.42. The molecule has 0 aromatic carbocycles. The Bertz CT molecular complexity index is 388. The molecule has 0 bridgehead atoms. The maximum atomic E-state index is 5.47. The molecular formula is C8H6BrN3O. The van der Waals surface area contributed by atoms with Gasteiger partial charge in [-0.2, -0.15) is 5.10 Å². The van der Waals surface area contributed by atoms with Crippen molar-refractivity contribution >= 4 is 15.9 Å². The molecule has 2 aromatic rings. The van der Waals surface area contributed by atoms with Gasteiger partial charge in [-0.05, 0) is 15.9 Å².